The second-order valence-electron chi connectivity index (χ2n) is 7.63. The van der Waals surface area contributed by atoms with Crippen molar-refractivity contribution in [1.29, 1.82) is 0 Å². The number of likely N-dealkylation sites (tertiary alicyclic amines) is 1. The Bertz CT molecular complexity index is 674. The van der Waals surface area contributed by atoms with Gasteiger partial charge in [-0.15, -0.1) is 0 Å². The van der Waals surface area contributed by atoms with Gasteiger partial charge in [-0.1, -0.05) is 0 Å². The molecule has 3 amide bonds. The van der Waals surface area contributed by atoms with Gasteiger partial charge in [0, 0.05) is 25.3 Å². The number of carboxylic acids is 1. The van der Waals surface area contributed by atoms with Gasteiger partial charge in [0.05, 0.1) is 5.56 Å². The summed E-state index contributed by atoms with van der Waals surface area (Å²) in [6.07, 6.45) is 1.16. The summed E-state index contributed by atoms with van der Waals surface area (Å²) in [5.41, 5.74) is 0.207. The lowest BCUT2D eigenvalue weighted by Gasteiger charge is -2.32. The van der Waals surface area contributed by atoms with Crippen molar-refractivity contribution in [2.24, 2.45) is 5.92 Å². The number of rotatable bonds is 4. The smallest absolute Gasteiger partial charge is 0.407 e. The van der Waals surface area contributed by atoms with Crippen molar-refractivity contribution >= 4 is 23.8 Å². The van der Waals surface area contributed by atoms with Crippen LogP contribution in [0.2, 0.25) is 0 Å². The molecule has 1 fully saturated rings. The number of alkyl carbamates (subject to hydrolysis) is 1. The van der Waals surface area contributed by atoms with E-state index in [4.69, 9.17) is 9.84 Å². The Kier molecular flexibility index (Phi) is 6.65. The third kappa shape index (κ3) is 6.80. The Morgan fingerprint density at radius 1 is 1.15 bits per heavy atom. The number of carbonyl (C=O) groups excluding carboxylic acids is 2. The van der Waals surface area contributed by atoms with Crippen molar-refractivity contribution in [3.05, 3.63) is 29.8 Å². The molecular formula is C19H27N3O5. The maximum atomic E-state index is 12.3. The molecule has 148 valence electrons. The zero-order chi connectivity index (χ0) is 20.0. The van der Waals surface area contributed by atoms with Crippen molar-refractivity contribution < 1.29 is 24.2 Å². The van der Waals surface area contributed by atoms with Gasteiger partial charge in [0.25, 0.3) is 0 Å². The summed E-state index contributed by atoms with van der Waals surface area (Å²) in [7, 11) is 0. The van der Waals surface area contributed by atoms with Crippen molar-refractivity contribution in [3.63, 3.8) is 0 Å². The molecule has 0 radical (unpaired) electrons. The second-order valence-corrected chi connectivity index (χ2v) is 7.63. The highest BCUT2D eigenvalue weighted by molar-refractivity contribution is 5.91. The predicted molar refractivity (Wildman–Crippen MR) is 101 cm³/mol. The Hall–Kier alpha value is -2.77. The molecule has 1 aromatic rings. The van der Waals surface area contributed by atoms with Gasteiger partial charge in [0.15, 0.2) is 0 Å². The fourth-order valence-electron chi connectivity index (χ4n) is 2.78. The number of carboxylic acid groups (broad SMARTS) is 1. The van der Waals surface area contributed by atoms with Gasteiger partial charge in [0.1, 0.15) is 5.60 Å². The quantitative estimate of drug-likeness (QED) is 0.747. The highest BCUT2D eigenvalue weighted by Gasteiger charge is 2.24. The maximum absolute atomic E-state index is 12.3. The van der Waals surface area contributed by atoms with E-state index in [9.17, 15) is 14.4 Å². The van der Waals surface area contributed by atoms with E-state index in [2.05, 4.69) is 10.6 Å². The zero-order valence-corrected chi connectivity index (χ0v) is 15.9. The van der Waals surface area contributed by atoms with Crippen LogP contribution in [0.1, 0.15) is 44.0 Å². The minimum absolute atomic E-state index is 0.173. The first-order valence-corrected chi connectivity index (χ1v) is 9.00. The molecule has 8 nitrogen and oxygen atoms in total. The van der Waals surface area contributed by atoms with Gasteiger partial charge in [-0.2, -0.15) is 0 Å². The normalized spacial score (nSPS) is 15.1. The topological polar surface area (TPSA) is 108 Å². The summed E-state index contributed by atoms with van der Waals surface area (Å²) in [6.45, 7) is 7.18. The van der Waals surface area contributed by atoms with Crippen molar-refractivity contribution in [2.45, 2.75) is 39.2 Å². The molecule has 0 saturated carbocycles. The number of anilines is 1. The molecule has 1 saturated heterocycles. The summed E-state index contributed by atoms with van der Waals surface area (Å²) in [4.78, 5) is 36.6. The van der Waals surface area contributed by atoms with Crippen LogP contribution in [0.3, 0.4) is 0 Å². The van der Waals surface area contributed by atoms with Crippen LogP contribution in [0.5, 0.6) is 0 Å². The van der Waals surface area contributed by atoms with Crippen LogP contribution in [0, 0.1) is 5.92 Å². The third-order valence-electron chi connectivity index (χ3n) is 4.22. The molecular weight excluding hydrogens is 350 g/mol. The molecule has 8 heteroatoms. The van der Waals surface area contributed by atoms with Crippen molar-refractivity contribution in [2.75, 3.05) is 25.0 Å². The molecule has 1 aromatic carbocycles. The number of benzene rings is 1. The number of hydrogen-bond acceptors (Lipinski definition) is 4. The number of hydrogen-bond donors (Lipinski definition) is 3. The molecule has 2 rings (SSSR count). The zero-order valence-electron chi connectivity index (χ0n) is 15.9. The molecule has 0 spiro atoms. The van der Waals surface area contributed by atoms with E-state index in [1.165, 1.54) is 12.1 Å². The summed E-state index contributed by atoms with van der Waals surface area (Å²) in [6, 6.07) is 5.83. The summed E-state index contributed by atoms with van der Waals surface area (Å²) in [5, 5.41) is 14.4. The molecule has 3 N–H and O–H groups in total. The molecule has 1 heterocycles. The van der Waals surface area contributed by atoms with Crippen molar-refractivity contribution in [3.8, 4) is 0 Å². The fraction of sp³-hybridized carbons (Fsp3) is 0.526. The Labute approximate surface area is 158 Å². The van der Waals surface area contributed by atoms with E-state index >= 15 is 0 Å². The number of urea groups is 1. The van der Waals surface area contributed by atoms with E-state index < -0.39 is 17.7 Å². The van der Waals surface area contributed by atoms with Crippen LogP contribution in [-0.4, -0.2) is 53.3 Å². The molecule has 0 atom stereocenters. The van der Waals surface area contributed by atoms with Crippen LogP contribution < -0.4 is 10.6 Å². The van der Waals surface area contributed by atoms with Crippen LogP contribution >= 0.6 is 0 Å². The standard InChI is InChI=1S/C19H27N3O5/c1-19(2,3)27-18(26)20-12-13-8-10-22(11-9-13)17(25)21-15-6-4-14(5-7-15)16(23)24/h4-7,13H,8-12H2,1-3H3,(H,20,26)(H,21,25)(H,23,24). The highest BCUT2D eigenvalue weighted by Crippen LogP contribution is 2.18. The molecule has 1 aliphatic heterocycles. The first-order chi connectivity index (χ1) is 12.6. The predicted octanol–water partition coefficient (Wildman–Crippen LogP) is 3.15. The van der Waals surface area contributed by atoms with E-state index in [-0.39, 0.29) is 11.6 Å². The molecule has 27 heavy (non-hydrogen) atoms. The Morgan fingerprint density at radius 2 is 1.74 bits per heavy atom. The van der Waals surface area contributed by atoms with Crippen LogP contribution in [-0.2, 0) is 4.74 Å². The third-order valence-corrected chi connectivity index (χ3v) is 4.22. The van der Waals surface area contributed by atoms with Crippen LogP contribution in [0.4, 0.5) is 15.3 Å². The lowest BCUT2D eigenvalue weighted by molar-refractivity contribution is 0.0511. The number of aromatic carboxylic acids is 1. The molecule has 0 aliphatic carbocycles. The first kappa shape index (κ1) is 20.5. The van der Waals surface area contributed by atoms with E-state index in [1.54, 1.807) is 17.0 Å². The van der Waals surface area contributed by atoms with E-state index in [0.29, 0.717) is 31.2 Å². The van der Waals surface area contributed by atoms with E-state index in [1.807, 2.05) is 20.8 Å². The Morgan fingerprint density at radius 3 is 2.26 bits per heavy atom. The number of nitrogens with one attached hydrogen (secondary N) is 2. The summed E-state index contributed by atoms with van der Waals surface area (Å²) >= 11 is 0. The molecule has 1 aliphatic rings. The average molecular weight is 377 g/mol. The minimum Gasteiger partial charge on any atom is -0.478 e. The van der Waals surface area contributed by atoms with Gasteiger partial charge in [-0.3, -0.25) is 0 Å². The largest absolute Gasteiger partial charge is 0.478 e. The highest BCUT2D eigenvalue weighted by atomic mass is 16.6. The van der Waals surface area contributed by atoms with Crippen LogP contribution in [0.15, 0.2) is 24.3 Å². The summed E-state index contributed by atoms with van der Waals surface area (Å²) in [5.74, 6) is -0.702. The van der Waals surface area contributed by atoms with Gasteiger partial charge in [0.2, 0.25) is 0 Å². The molecule has 0 bridgehead atoms. The summed E-state index contributed by atoms with van der Waals surface area (Å²) < 4.78 is 5.22. The lowest BCUT2D eigenvalue weighted by Crippen LogP contribution is -2.43. The Balaban J connectivity index is 1.74. The van der Waals surface area contributed by atoms with Gasteiger partial charge in [-0.25, -0.2) is 14.4 Å². The van der Waals surface area contributed by atoms with Crippen LogP contribution in [0.25, 0.3) is 0 Å². The maximum Gasteiger partial charge on any atom is 0.407 e. The van der Waals surface area contributed by atoms with Gasteiger partial charge < -0.3 is 25.4 Å². The van der Waals surface area contributed by atoms with Gasteiger partial charge >= 0.3 is 18.1 Å². The number of carbonyl (C=O) groups is 3. The average Bonchev–Trinajstić information content (AvgIpc) is 2.59. The fourth-order valence-corrected chi connectivity index (χ4v) is 2.78. The lowest BCUT2D eigenvalue weighted by atomic mass is 9.97. The monoisotopic (exact) mass is 377 g/mol. The van der Waals surface area contributed by atoms with Gasteiger partial charge in [-0.05, 0) is 63.8 Å². The SMILES string of the molecule is CC(C)(C)OC(=O)NCC1CCN(C(=O)Nc2ccc(C(=O)O)cc2)CC1. The van der Waals surface area contributed by atoms with E-state index in [0.717, 1.165) is 12.8 Å². The number of ether oxygens (including phenoxy) is 1. The second kappa shape index (κ2) is 8.75. The number of piperidine rings is 1. The van der Waals surface area contributed by atoms with Crippen molar-refractivity contribution in [1.82, 2.24) is 10.2 Å². The molecule has 0 unspecified atom stereocenters. The first-order valence-electron chi connectivity index (χ1n) is 9.00. The number of amides is 3. The molecule has 0 aromatic heterocycles. The number of nitrogens with zero attached hydrogens (tertiary/aromatic N) is 1. The minimum atomic E-state index is -1.00.